The maximum absolute atomic E-state index is 13.6. The topological polar surface area (TPSA) is 91.0 Å². The average molecular weight is 506 g/mol. The molecule has 0 aliphatic heterocycles. The number of oxazole rings is 1. The fourth-order valence-corrected chi connectivity index (χ4v) is 3.52. The normalized spacial score (nSPS) is 11.2. The highest BCUT2D eigenvalue weighted by atomic mass is 19.1. The number of aromatic nitrogens is 1. The minimum atomic E-state index is -1.46. The van der Waals surface area contributed by atoms with Crippen LogP contribution in [0.5, 0.6) is 17.2 Å². The van der Waals surface area contributed by atoms with Gasteiger partial charge in [-0.15, -0.1) is 0 Å². The predicted molar refractivity (Wildman–Crippen MR) is 135 cm³/mol. The van der Waals surface area contributed by atoms with E-state index in [4.69, 9.17) is 18.6 Å². The number of nitrogens with zero attached hydrogens (tertiary/aromatic N) is 1. The molecule has 3 aromatic carbocycles. The van der Waals surface area contributed by atoms with Gasteiger partial charge in [0.15, 0.2) is 5.60 Å². The van der Waals surface area contributed by atoms with Crippen LogP contribution in [-0.2, 0) is 17.8 Å². The zero-order valence-corrected chi connectivity index (χ0v) is 20.9. The van der Waals surface area contributed by atoms with E-state index in [1.54, 1.807) is 30.3 Å². The number of aliphatic carboxylic acids is 1. The quantitative estimate of drug-likeness (QED) is 0.258. The molecule has 0 fully saturated rings. The van der Waals surface area contributed by atoms with Crippen molar-refractivity contribution in [2.75, 3.05) is 6.61 Å². The number of rotatable bonds is 11. The van der Waals surface area contributed by atoms with Crippen molar-refractivity contribution in [2.24, 2.45) is 0 Å². The Bertz CT molecular complexity index is 1370. The molecule has 0 spiro atoms. The molecule has 0 aliphatic carbocycles. The molecule has 0 amide bonds. The fourth-order valence-electron chi connectivity index (χ4n) is 3.52. The molecule has 0 radical (unpaired) electrons. The molecule has 4 aromatic rings. The third-order valence-electron chi connectivity index (χ3n) is 5.62. The van der Waals surface area contributed by atoms with Crippen LogP contribution in [0.15, 0.2) is 77.2 Å². The van der Waals surface area contributed by atoms with E-state index in [-0.39, 0.29) is 6.61 Å². The Balaban J connectivity index is 1.47. The Morgan fingerprint density at radius 1 is 1.00 bits per heavy atom. The number of ether oxygens (including phenoxy) is 3. The minimum Gasteiger partial charge on any atom is -0.493 e. The number of aryl methyl sites for hydroxylation is 1. The fraction of sp³-hybridized carbons (Fsp3) is 0.241. The lowest BCUT2D eigenvalue weighted by Crippen LogP contribution is -2.38. The third kappa shape index (κ3) is 6.67. The van der Waals surface area contributed by atoms with Gasteiger partial charge in [0.1, 0.15) is 35.4 Å². The van der Waals surface area contributed by atoms with Crippen LogP contribution in [0, 0.1) is 12.7 Å². The lowest BCUT2D eigenvalue weighted by molar-refractivity contribution is -0.152. The summed E-state index contributed by atoms with van der Waals surface area (Å²) in [4.78, 5) is 16.2. The van der Waals surface area contributed by atoms with Crippen molar-refractivity contribution < 1.29 is 32.9 Å². The van der Waals surface area contributed by atoms with Gasteiger partial charge < -0.3 is 23.7 Å². The Morgan fingerprint density at radius 2 is 1.76 bits per heavy atom. The second-order valence-electron chi connectivity index (χ2n) is 8.92. The molecular weight excluding hydrogens is 477 g/mol. The number of halogens is 1. The summed E-state index contributed by atoms with van der Waals surface area (Å²) in [7, 11) is 0. The first kappa shape index (κ1) is 25.8. The van der Waals surface area contributed by atoms with E-state index in [2.05, 4.69) is 4.98 Å². The van der Waals surface area contributed by atoms with Gasteiger partial charge in [-0.3, -0.25) is 0 Å². The van der Waals surface area contributed by atoms with E-state index < -0.39 is 17.4 Å². The molecule has 1 aromatic heterocycles. The van der Waals surface area contributed by atoms with Crippen LogP contribution >= 0.6 is 0 Å². The first-order valence-electron chi connectivity index (χ1n) is 11.8. The molecule has 37 heavy (non-hydrogen) atoms. The minimum absolute atomic E-state index is 0.0223. The molecule has 1 heterocycles. The van der Waals surface area contributed by atoms with Crippen LogP contribution in [0.2, 0.25) is 0 Å². The zero-order chi connectivity index (χ0) is 26.4. The van der Waals surface area contributed by atoms with Gasteiger partial charge in [-0.1, -0.05) is 24.3 Å². The molecule has 4 rings (SSSR count). The Kier molecular flexibility index (Phi) is 7.77. The molecule has 0 bridgehead atoms. The van der Waals surface area contributed by atoms with Gasteiger partial charge in [0, 0.05) is 23.6 Å². The molecule has 0 saturated heterocycles. The summed E-state index contributed by atoms with van der Waals surface area (Å²) in [5.74, 6) is 0.974. The second-order valence-corrected chi connectivity index (χ2v) is 8.92. The number of carboxylic acids is 1. The van der Waals surface area contributed by atoms with E-state index >= 15 is 0 Å². The summed E-state index contributed by atoms with van der Waals surface area (Å²) in [6.45, 7) is 5.15. The van der Waals surface area contributed by atoms with E-state index in [9.17, 15) is 14.3 Å². The SMILES string of the molecule is Cc1oc(-c2ccccc2)nc1CCOc1ccc(OC(C)(C)C(=O)O)c(COc2cccc(F)c2)c1. The Labute approximate surface area is 214 Å². The molecule has 7 nitrogen and oxygen atoms in total. The van der Waals surface area contributed by atoms with E-state index in [0.29, 0.717) is 41.7 Å². The number of carboxylic acid groups (broad SMARTS) is 1. The van der Waals surface area contributed by atoms with E-state index in [1.807, 2.05) is 37.3 Å². The van der Waals surface area contributed by atoms with Gasteiger partial charge in [-0.25, -0.2) is 14.2 Å². The van der Waals surface area contributed by atoms with E-state index in [1.165, 1.54) is 26.0 Å². The first-order chi connectivity index (χ1) is 17.7. The lowest BCUT2D eigenvalue weighted by Gasteiger charge is -2.24. The molecule has 0 atom stereocenters. The van der Waals surface area contributed by atoms with Crippen molar-refractivity contribution in [3.05, 3.63) is 95.6 Å². The number of hydrogen-bond donors (Lipinski definition) is 1. The van der Waals surface area contributed by atoms with Crippen LogP contribution in [-0.4, -0.2) is 28.3 Å². The van der Waals surface area contributed by atoms with Crippen LogP contribution in [0.3, 0.4) is 0 Å². The van der Waals surface area contributed by atoms with Gasteiger partial charge in [-0.2, -0.15) is 0 Å². The monoisotopic (exact) mass is 505 g/mol. The Hall–Kier alpha value is -4.33. The highest BCUT2D eigenvalue weighted by Crippen LogP contribution is 2.30. The standard InChI is InChI=1S/C29H28FNO6/c1-19-25(31-27(36-19)20-8-5-4-6-9-20)14-15-34-24-12-13-26(37-29(2,3)28(32)33)21(16-24)18-35-23-11-7-10-22(30)17-23/h4-13,16-17H,14-15,18H2,1-3H3,(H,32,33). The maximum Gasteiger partial charge on any atom is 0.347 e. The van der Waals surface area contributed by atoms with Crippen molar-refractivity contribution in [1.82, 2.24) is 4.98 Å². The van der Waals surface area contributed by atoms with Gasteiger partial charge in [0.2, 0.25) is 5.89 Å². The first-order valence-corrected chi connectivity index (χ1v) is 11.8. The van der Waals surface area contributed by atoms with Crippen LogP contribution in [0.4, 0.5) is 4.39 Å². The summed E-state index contributed by atoms with van der Waals surface area (Å²) < 4.78 is 36.8. The molecule has 1 N–H and O–H groups in total. The van der Waals surface area contributed by atoms with Crippen LogP contribution in [0.25, 0.3) is 11.5 Å². The molecular formula is C29H28FNO6. The summed E-state index contributed by atoms with van der Waals surface area (Å²) >= 11 is 0. The predicted octanol–water partition coefficient (Wildman–Crippen LogP) is 6.23. The van der Waals surface area contributed by atoms with Crippen molar-refractivity contribution in [2.45, 2.75) is 39.4 Å². The smallest absolute Gasteiger partial charge is 0.347 e. The number of hydrogen-bond acceptors (Lipinski definition) is 6. The van der Waals surface area contributed by atoms with Crippen molar-refractivity contribution in [3.8, 4) is 28.7 Å². The molecule has 0 aliphatic rings. The highest BCUT2D eigenvalue weighted by molar-refractivity contribution is 5.76. The summed E-state index contributed by atoms with van der Waals surface area (Å²) in [5.41, 5.74) is 0.800. The zero-order valence-electron chi connectivity index (χ0n) is 20.9. The maximum atomic E-state index is 13.6. The molecule has 0 unspecified atom stereocenters. The van der Waals surface area contributed by atoms with Crippen LogP contribution in [0.1, 0.15) is 30.9 Å². The molecule has 0 saturated carbocycles. The summed E-state index contributed by atoms with van der Waals surface area (Å²) in [5, 5.41) is 9.47. The number of benzene rings is 3. The molecule has 8 heteroatoms. The van der Waals surface area contributed by atoms with Crippen molar-refractivity contribution >= 4 is 5.97 Å². The third-order valence-corrected chi connectivity index (χ3v) is 5.62. The molecule has 192 valence electrons. The largest absolute Gasteiger partial charge is 0.493 e. The van der Waals surface area contributed by atoms with Crippen LogP contribution < -0.4 is 14.2 Å². The van der Waals surface area contributed by atoms with Gasteiger partial charge in [0.05, 0.1) is 12.3 Å². The van der Waals surface area contributed by atoms with E-state index in [0.717, 1.165) is 17.0 Å². The van der Waals surface area contributed by atoms with Gasteiger partial charge in [-0.05, 0) is 63.2 Å². The second kappa shape index (κ2) is 11.2. The van der Waals surface area contributed by atoms with Gasteiger partial charge in [0.25, 0.3) is 0 Å². The lowest BCUT2D eigenvalue weighted by atomic mass is 10.1. The Morgan fingerprint density at radius 3 is 2.49 bits per heavy atom. The summed E-state index contributed by atoms with van der Waals surface area (Å²) in [6.07, 6.45) is 0.529. The summed E-state index contributed by atoms with van der Waals surface area (Å²) in [6, 6.07) is 20.5. The number of carbonyl (C=O) groups is 1. The average Bonchev–Trinajstić information content (AvgIpc) is 3.24. The van der Waals surface area contributed by atoms with Gasteiger partial charge >= 0.3 is 5.97 Å². The van der Waals surface area contributed by atoms with Crippen molar-refractivity contribution in [1.29, 1.82) is 0 Å². The van der Waals surface area contributed by atoms with Crippen molar-refractivity contribution in [3.63, 3.8) is 0 Å². The highest BCUT2D eigenvalue weighted by Gasteiger charge is 2.30.